The molecule has 2 atom stereocenters. The highest BCUT2D eigenvalue weighted by atomic mass is 32.1. The number of hydrogen-bond donors (Lipinski definition) is 1. The van der Waals surface area contributed by atoms with E-state index < -0.39 is 0 Å². The van der Waals surface area contributed by atoms with Crippen LogP contribution in [0.15, 0.2) is 78.9 Å². The van der Waals surface area contributed by atoms with Crippen LogP contribution >= 0.6 is 12.6 Å². The van der Waals surface area contributed by atoms with Gasteiger partial charge in [0.05, 0.1) is 0 Å². The maximum Gasteiger partial charge on any atom is -0.00238 e. The second-order valence-electron chi connectivity index (χ2n) is 10.5. The fraction of sp³-hybridized carbons (Fsp3) is 0.355. The molecule has 0 aliphatic heterocycles. The lowest BCUT2D eigenvalue weighted by Crippen LogP contribution is -2.19. The maximum atomic E-state index is 4.62. The van der Waals surface area contributed by atoms with Gasteiger partial charge in [0.25, 0.3) is 0 Å². The Hall–Kier alpha value is -2.25. The molecule has 0 saturated heterocycles. The van der Waals surface area contributed by atoms with Crippen molar-refractivity contribution in [2.75, 3.05) is 5.75 Å². The molecule has 0 aliphatic carbocycles. The maximum absolute atomic E-state index is 4.62. The summed E-state index contributed by atoms with van der Waals surface area (Å²) in [6, 6.07) is 29.3. The number of thiol groups is 1. The van der Waals surface area contributed by atoms with Crippen LogP contribution in [0.1, 0.15) is 56.7 Å². The van der Waals surface area contributed by atoms with E-state index in [2.05, 4.69) is 119 Å². The highest BCUT2D eigenvalue weighted by Gasteiger charge is 2.24. The third-order valence-corrected chi connectivity index (χ3v) is 7.33. The minimum Gasteiger partial charge on any atom is -0.179 e. The van der Waals surface area contributed by atoms with Crippen molar-refractivity contribution in [2.45, 2.75) is 52.9 Å². The second kappa shape index (κ2) is 9.71. The standard InChI is InChI=1S/C31H36S/c1-22(19-23-14-16-24(17-15-23)30(21-32)31(2,3)4)13-18-29-27-11-7-5-9-25(27)20-26-10-6-8-12-28(26)29/h5-12,14-17,20,22,30,32H,13,18-19,21H2,1-4H3. The van der Waals surface area contributed by atoms with Crippen LogP contribution in [0.3, 0.4) is 0 Å². The Kier molecular flexibility index (Phi) is 6.96. The summed E-state index contributed by atoms with van der Waals surface area (Å²) in [5.41, 5.74) is 4.59. The minimum atomic E-state index is 0.234. The SMILES string of the molecule is CC(CCc1c2ccccc2cc2ccccc12)Cc1ccc(C(CS)C(C)(C)C)cc1. The molecule has 0 fully saturated rings. The van der Waals surface area contributed by atoms with Crippen molar-refractivity contribution < 1.29 is 0 Å². The van der Waals surface area contributed by atoms with E-state index in [1.54, 1.807) is 0 Å². The van der Waals surface area contributed by atoms with Gasteiger partial charge in [0.15, 0.2) is 0 Å². The van der Waals surface area contributed by atoms with Crippen molar-refractivity contribution in [3.63, 3.8) is 0 Å². The van der Waals surface area contributed by atoms with Crippen LogP contribution in [0, 0.1) is 11.3 Å². The Labute approximate surface area is 199 Å². The van der Waals surface area contributed by atoms with E-state index in [1.165, 1.54) is 44.7 Å². The van der Waals surface area contributed by atoms with Crippen LogP contribution in [-0.2, 0) is 12.8 Å². The third kappa shape index (κ3) is 5.04. The third-order valence-electron chi connectivity index (χ3n) is 6.96. The zero-order valence-corrected chi connectivity index (χ0v) is 20.8. The smallest absolute Gasteiger partial charge is 0.00238 e. The summed E-state index contributed by atoms with van der Waals surface area (Å²) in [5.74, 6) is 2.01. The number of benzene rings is 4. The van der Waals surface area contributed by atoms with Crippen LogP contribution in [0.25, 0.3) is 21.5 Å². The summed E-state index contributed by atoms with van der Waals surface area (Å²) in [7, 11) is 0. The van der Waals surface area contributed by atoms with E-state index in [1.807, 2.05) is 0 Å². The first kappa shape index (κ1) is 22.9. The molecule has 4 rings (SSSR count). The van der Waals surface area contributed by atoms with E-state index in [9.17, 15) is 0 Å². The van der Waals surface area contributed by atoms with Crippen molar-refractivity contribution >= 4 is 34.2 Å². The molecule has 0 radical (unpaired) electrons. The molecule has 1 heteroatoms. The summed E-state index contributed by atoms with van der Waals surface area (Å²) in [6.45, 7) is 9.31. The average Bonchev–Trinajstić information content (AvgIpc) is 2.77. The molecule has 0 bridgehead atoms. The molecule has 32 heavy (non-hydrogen) atoms. The number of fused-ring (bicyclic) bond motifs is 2. The van der Waals surface area contributed by atoms with Crippen molar-refractivity contribution in [1.29, 1.82) is 0 Å². The van der Waals surface area contributed by atoms with E-state index in [0.29, 0.717) is 11.8 Å². The number of hydrogen-bond acceptors (Lipinski definition) is 1. The molecular weight excluding hydrogens is 404 g/mol. The first-order valence-corrected chi connectivity index (χ1v) is 12.6. The summed E-state index contributed by atoms with van der Waals surface area (Å²) in [5, 5.41) is 5.51. The first-order valence-electron chi connectivity index (χ1n) is 12.0. The van der Waals surface area contributed by atoms with Gasteiger partial charge in [-0.25, -0.2) is 0 Å². The van der Waals surface area contributed by atoms with Gasteiger partial charge in [-0.2, -0.15) is 12.6 Å². The Morgan fingerprint density at radius 3 is 1.88 bits per heavy atom. The first-order chi connectivity index (χ1) is 15.4. The fourth-order valence-corrected chi connectivity index (χ4v) is 5.80. The summed E-state index contributed by atoms with van der Waals surface area (Å²) in [4.78, 5) is 0. The summed E-state index contributed by atoms with van der Waals surface area (Å²) in [6.07, 6.45) is 3.44. The van der Waals surface area contributed by atoms with Gasteiger partial charge in [0.1, 0.15) is 0 Å². The van der Waals surface area contributed by atoms with Crippen molar-refractivity contribution in [3.05, 3.63) is 95.6 Å². The van der Waals surface area contributed by atoms with Gasteiger partial charge in [0, 0.05) is 0 Å². The minimum absolute atomic E-state index is 0.234. The molecule has 0 aliphatic rings. The van der Waals surface area contributed by atoms with Crippen molar-refractivity contribution in [2.24, 2.45) is 11.3 Å². The summed E-state index contributed by atoms with van der Waals surface area (Å²) < 4.78 is 0. The molecule has 4 aromatic rings. The van der Waals surface area contributed by atoms with Gasteiger partial charge in [-0.15, -0.1) is 0 Å². The van der Waals surface area contributed by atoms with E-state index >= 15 is 0 Å². The lowest BCUT2D eigenvalue weighted by molar-refractivity contribution is 0.344. The predicted molar refractivity (Wildman–Crippen MR) is 145 cm³/mol. The quantitative estimate of drug-likeness (QED) is 0.215. The highest BCUT2D eigenvalue weighted by molar-refractivity contribution is 7.80. The van der Waals surface area contributed by atoms with Gasteiger partial charge in [-0.1, -0.05) is 100 Å². The van der Waals surface area contributed by atoms with Gasteiger partial charge in [0.2, 0.25) is 0 Å². The molecule has 2 unspecified atom stereocenters. The van der Waals surface area contributed by atoms with Gasteiger partial charge in [-0.05, 0) is 86.6 Å². The molecule has 0 heterocycles. The zero-order chi connectivity index (χ0) is 22.7. The van der Waals surface area contributed by atoms with Crippen LogP contribution in [0.4, 0.5) is 0 Å². The average molecular weight is 441 g/mol. The molecule has 166 valence electrons. The molecular formula is C31H36S. The molecule has 4 aromatic carbocycles. The van der Waals surface area contributed by atoms with Gasteiger partial charge >= 0.3 is 0 Å². The Morgan fingerprint density at radius 2 is 1.34 bits per heavy atom. The van der Waals surface area contributed by atoms with Crippen molar-refractivity contribution in [3.8, 4) is 0 Å². The predicted octanol–water partition coefficient (Wildman–Crippen LogP) is 8.86. The topological polar surface area (TPSA) is 0 Å². The van der Waals surface area contributed by atoms with E-state index in [0.717, 1.165) is 18.6 Å². The molecule has 0 aromatic heterocycles. The van der Waals surface area contributed by atoms with E-state index in [-0.39, 0.29) is 5.41 Å². The molecule has 0 nitrogen and oxygen atoms in total. The summed E-state index contributed by atoms with van der Waals surface area (Å²) >= 11 is 4.62. The Balaban J connectivity index is 1.49. The van der Waals surface area contributed by atoms with E-state index in [4.69, 9.17) is 0 Å². The highest BCUT2D eigenvalue weighted by Crippen LogP contribution is 2.36. The van der Waals surface area contributed by atoms with Crippen LogP contribution < -0.4 is 0 Å². The second-order valence-corrected chi connectivity index (χ2v) is 10.9. The molecule has 0 spiro atoms. The molecule has 0 N–H and O–H groups in total. The largest absolute Gasteiger partial charge is 0.179 e. The Morgan fingerprint density at radius 1 is 0.781 bits per heavy atom. The lowest BCUT2D eigenvalue weighted by atomic mass is 9.77. The molecule has 0 saturated carbocycles. The number of aryl methyl sites for hydroxylation is 1. The van der Waals surface area contributed by atoms with Crippen molar-refractivity contribution in [1.82, 2.24) is 0 Å². The van der Waals surface area contributed by atoms with Crippen LogP contribution in [-0.4, -0.2) is 5.75 Å². The van der Waals surface area contributed by atoms with Crippen LogP contribution in [0.5, 0.6) is 0 Å². The lowest BCUT2D eigenvalue weighted by Gasteiger charge is -2.30. The normalized spacial score (nSPS) is 14.0. The molecule has 0 amide bonds. The number of rotatable bonds is 7. The van der Waals surface area contributed by atoms with Gasteiger partial charge < -0.3 is 0 Å². The zero-order valence-electron chi connectivity index (χ0n) is 19.9. The van der Waals surface area contributed by atoms with Crippen LogP contribution in [0.2, 0.25) is 0 Å². The fourth-order valence-electron chi connectivity index (χ4n) is 5.04. The monoisotopic (exact) mass is 440 g/mol. The van der Waals surface area contributed by atoms with Gasteiger partial charge in [-0.3, -0.25) is 0 Å². The Bertz CT molecular complexity index is 1130.